The zero-order chi connectivity index (χ0) is 17.0. The van der Waals surface area contributed by atoms with Crippen LogP contribution in [-0.2, 0) is 11.3 Å². The molecule has 0 bridgehead atoms. The van der Waals surface area contributed by atoms with Crippen molar-refractivity contribution in [1.82, 2.24) is 20.1 Å². The van der Waals surface area contributed by atoms with Gasteiger partial charge in [0.2, 0.25) is 5.91 Å². The number of primary amides is 1. The molecule has 0 fully saturated rings. The molecule has 3 N–H and O–H groups in total. The number of amides is 3. The third-order valence-electron chi connectivity index (χ3n) is 3.32. The number of nitrogens with one attached hydrogen (secondary N) is 1. The first kappa shape index (κ1) is 17.0. The summed E-state index contributed by atoms with van der Waals surface area (Å²) in [6.45, 7) is 6.36. The molecule has 0 radical (unpaired) electrons. The molecule has 7 nitrogen and oxygen atoms in total. The van der Waals surface area contributed by atoms with Gasteiger partial charge in [-0.2, -0.15) is 0 Å². The number of thioether (sulfide) groups is 1. The first-order chi connectivity index (χ1) is 10.9. The van der Waals surface area contributed by atoms with Crippen LogP contribution in [0.4, 0.5) is 4.79 Å². The van der Waals surface area contributed by atoms with Crippen molar-refractivity contribution in [2.24, 2.45) is 5.73 Å². The van der Waals surface area contributed by atoms with E-state index < -0.39 is 17.2 Å². The van der Waals surface area contributed by atoms with E-state index in [-0.39, 0.29) is 0 Å². The Kier molecular flexibility index (Phi) is 5.38. The lowest BCUT2D eigenvalue weighted by atomic mass is 10.1. The molecule has 0 aliphatic heterocycles. The number of aromatic nitrogens is 3. The highest BCUT2D eigenvalue weighted by Crippen LogP contribution is 2.28. The van der Waals surface area contributed by atoms with Crippen LogP contribution in [0.3, 0.4) is 0 Å². The molecule has 3 amide bonds. The highest BCUT2D eigenvalue weighted by Gasteiger charge is 2.21. The van der Waals surface area contributed by atoms with Gasteiger partial charge in [0.25, 0.3) is 0 Å². The van der Waals surface area contributed by atoms with Crippen LogP contribution >= 0.6 is 11.8 Å². The minimum absolute atomic E-state index is 0.453. The zero-order valence-corrected chi connectivity index (χ0v) is 14.1. The van der Waals surface area contributed by atoms with Gasteiger partial charge in [-0.15, -0.1) is 10.2 Å². The van der Waals surface area contributed by atoms with E-state index >= 15 is 0 Å². The third kappa shape index (κ3) is 3.89. The summed E-state index contributed by atoms with van der Waals surface area (Å²) in [5.41, 5.74) is 7.07. The highest BCUT2D eigenvalue weighted by atomic mass is 32.2. The molecule has 0 saturated heterocycles. The number of urea groups is 1. The molecule has 1 aromatic carbocycles. The van der Waals surface area contributed by atoms with Crippen LogP contribution in [0.25, 0.3) is 11.4 Å². The van der Waals surface area contributed by atoms with Gasteiger partial charge in [-0.3, -0.25) is 10.1 Å². The Morgan fingerprint density at radius 1 is 1.35 bits per heavy atom. The summed E-state index contributed by atoms with van der Waals surface area (Å²) in [6, 6.07) is 7.06. The Labute approximate surface area is 138 Å². The topological polar surface area (TPSA) is 103 Å². The summed E-state index contributed by atoms with van der Waals surface area (Å²) < 4.78 is 1.95. The summed E-state index contributed by atoms with van der Waals surface area (Å²) in [4.78, 5) is 22.6. The normalized spacial score (nSPS) is 12.0. The van der Waals surface area contributed by atoms with Crippen molar-refractivity contribution >= 4 is 23.7 Å². The van der Waals surface area contributed by atoms with Crippen molar-refractivity contribution in [1.29, 1.82) is 0 Å². The molecule has 1 atom stereocenters. The molecule has 1 aromatic heterocycles. The van der Waals surface area contributed by atoms with Crippen molar-refractivity contribution in [3.8, 4) is 11.4 Å². The maximum atomic E-state index is 11.8. The second kappa shape index (κ2) is 7.28. The first-order valence-electron chi connectivity index (χ1n) is 7.20. The summed E-state index contributed by atoms with van der Waals surface area (Å²) in [6.07, 6.45) is 0. The summed E-state index contributed by atoms with van der Waals surface area (Å²) in [5.74, 6) is 0.307. The molecule has 0 aliphatic carbocycles. The van der Waals surface area contributed by atoms with Gasteiger partial charge in [0, 0.05) is 12.1 Å². The number of imide groups is 1. The number of aryl methyl sites for hydroxylation is 1. The van der Waals surface area contributed by atoms with Gasteiger partial charge in [0.05, 0.1) is 5.25 Å². The van der Waals surface area contributed by atoms with Crippen molar-refractivity contribution in [3.63, 3.8) is 0 Å². The van der Waals surface area contributed by atoms with Crippen LogP contribution in [0.2, 0.25) is 0 Å². The Bertz CT molecular complexity index is 728. The molecule has 0 aliphatic rings. The predicted octanol–water partition coefficient (Wildman–Crippen LogP) is 1.95. The Morgan fingerprint density at radius 3 is 2.65 bits per heavy atom. The van der Waals surface area contributed by atoms with Crippen LogP contribution in [0.1, 0.15) is 19.4 Å². The summed E-state index contributed by atoms with van der Waals surface area (Å²) in [5, 5.41) is 10.6. The van der Waals surface area contributed by atoms with Gasteiger partial charge in [-0.05, 0) is 26.3 Å². The second-order valence-electron chi connectivity index (χ2n) is 4.98. The maximum absolute atomic E-state index is 11.8. The quantitative estimate of drug-likeness (QED) is 0.814. The van der Waals surface area contributed by atoms with Crippen LogP contribution in [0.15, 0.2) is 29.4 Å². The Balaban J connectivity index is 2.27. The molecule has 0 spiro atoms. The number of hydrogen-bond donors (Lipinski definition) is 2. The molecule has 0 unspecified atom stereocenters. The predicted molar refractivity (Wildman–Crippen MR) is 88.9 cm³/mol. The van der Waals surface area contributed by atoms with Gasteiger partial charge in [-0.25, -0.2) is 4.79 Å². The minimum atomic E-state index is -0.861. The first-order valence-corrected chi connectivity index (χ1v) is 8.08. The van der Waals surface area contributed by atoms with E-state index in [2.05, 4.69) is 15.5 Å². The molecular formula is C15H19N5O2S. The number of carbonyl (C=O) groups excluding carboxylic acids is 2. The average molecular weight is 333 g/mol. The summed E-state index contributed by atoms with van der Waals surface area (Å²) in [7, 11) is 0. The van der Waals surface area contributed by atoms with Gasteiger partial charge < -0.3 is 10.3 Å². The van der Waals surface area contributed by atoms with E-state index in [1.807, 2.05) is 42.7 Å². The lowest BCUT2D eigenvalue weighted by molar-refractivity contribution is -0.119. The van der Waals surface area contributed by atoms with E-state index in [1.165, 1.54) is 11.8 Å². The van der Waals surface area contributed by atoms with Gasteiger partial charge in [0.15, 0.2) is 11.0 Å². The zero-order valence-electron chi connectivity index (χ0n) is 13.2. The van der Waals surface area contributed by atoms with E-state index in [0.29, 0.717) is 11.7 Å². The molecule has 122 valence electrons. The van der Waals surface area contributed by atoms with Crippen molar-refractivity contribution < 1.29 is 9.59 Å². The molecular weight excluding hydrogens is 314 g/mol. The smallest absolute Gasteiger partial charge is 0.318 e. The third-order valence-corrected chi connectivity index (χ3v) is 4.40. The molecule has 2 aromatic rings. The largest absolute Gasteiger partial charge is 0.351 e. The van der Waals surface area contributed by atoms with Crippen molar-refractivity contribution in [3.05, 3.63) is 29.8 Å². The van der Waals surface area contributed by atoms with Gasteiger partial charge >= 0.3 is 6.03 Å². The van der Waals surface area contributed by atoms with E-state index in [0.717, 1.165) is 17.0 Å². The van der Waals surface area contributed by atoms with Gasteiger partial charge in [-0.1, -0.05) is 36.0 Å². The second-order valence-corrected chi connectivity index (χ2v) is 6.29. The van der Waals surface area contributed by atoms with Crippen molar-refractivity contribution in [2.45, 2.75) is 37.7 Å². The molecule has 1 heterocycles. The monoisotopic (exact) mass is 333 g/mol. The average Bonchev–Trinajstić information content (AvgIpc) is 2.89. The Hall–Kier alpha value is -2.35. The summed E-state index contributed by atoms with van der Waals surface area (Å²) >= 11 is 1.24. The Morgan fingerprint density at radius 2 is 2.04 bits per heavy atom. The lowest BCUT2D eigenvalue weighted by Gasteiger charge is -2.12. The molecule has 8 heteroatoms. The number of hydrogen-bond acceptors (Lipinski definition) is 5. The number of benzene rings is 1. The number of nitrogens with zero attached hydrogens (tertiary/aromatic N) is 3. The number of nitrogens with two attached hydrogens (primary N) is 1. The van der Waals surface area contributed by atoms with Gasteiger partial charge in [0.1, 0.15) is 0 Å². The van der Waals surface area contributed by atoms with Crippen LogP contribution < -0.4 is 11.1 Å². The van der Waals surface area contributed by atoms with Crippen LogP contribution in [0, 0.1) is 6.92 Å². The molecule has 2 rings (SSSR count). The molecule has 0 saturated carbocycles. The fourth-order valence-corrected chi connectivity index (χ4v) is 3.03. The SMILES string of the molecule is CCn1c(S[C@@H](C)C(=O)NC(N)=O)nnc1-c1ccccc1C. The fourth-order valence-electron chi connectivity index (χ4n) is 2.12. The van der Waals surface area contributed by atoms with Crippen LogP contribution in [-0.4, -0.2) is 32.0 Å². The minimum Gasteiger partial charge on any atom is -0.351 e. The van der Waals surface area contributed by atoms with E-state index in [4.69, 9.17) is 5.73 Å². The van der Waals surface area contributed by atoms with Crippen LogP contribution in [0.5, 0.6) is 0 Å². The van der Waals surface area contributed by atoms with Crippen molar-refractivity contribution in [2.75, 3.05) is 0 Å². The lowest BCUT2D eigenvalue weighted by Crippen LogP contribution is -2.39. The number of rotatable bonds is 5. The standard InChI is InChI=1S/C15H19N5O2S/c1-4-20-12(11-8-6-5-7-9(11)2)18-19-15(20)23-10(3)13(21)17-14(16)22/h5-8,10H,4H2,1-3H3,(H3,16,17,21,22)/t10-/m0/s1. The fraction of sp³-hybridized carbons (Fsp3) is 0.333. The van der Waals surface area contributed by atoms with E-state index in [1.54, 1.807) is 6.92 Å². The highest BCUT2D eigenvalue weighted by molar-refractivity contribution is 8.00. The number of carbonyl (C=O) groups is 2. The maximum Gasteiger partial charge on any atom is 0.318 e. The molecule has 23 heavy (non-hydrogen) atoms. The van der Waals surface area contributed by atoms with E-state index in [9.17, 15) is 9.59 Å².